The molecule has 0 aliphatic rings. The molecule has 0 unspecified atom stereocenters. The molecule has 0 saturated heterocycles. The summed E-state index contributed by atoms with van der Waals surface area (Å²) in [5.74, 6) is 0.00136. The molecule has 32 heavy (non-hydrogen) atoms. The van der Waals surface area contributed by atoms with E-state index >= 15 is 0 Å². The second-order valence-corrected chi connectivity index (χ2v) is 14.2. The number of hydrogen-bond donors (Lipinski definition) is 0. The van der Waals surface area contributed by atoms with E-state index in [9.17, 15) is 4.79 Å². The van der Waals surface area contributed by atoms with E-state index in [2.05, 4.69) is 27.7 Å². The lowest BCUT2D eigenvalue weighted by atomic mass is 10.1. The number of hydrogen-bond acceptors (Lipinski definition) is 2. The first-order valence-electron chi connectivity index (χ1n) is 14.7. The molecule has 0 aliphatic heterocycles. The highest BCUT2D eigenvalue weighted by Gasteiger charge is 2.37. The van der Waals surface area contributed by atoms with Crippen molar-refractivity contribution in [2.45, 2.75) is 174 Å². The first-order chi connectivity index (χ1) is 15.6. The molecule has 191 valence electrons. The van der Waals surface area contributed by atoms with Gasteiger partial charge in [0.1, 0.15) is 0 Å². The van der Waals surface area contributed by atoms with Crippen LogP contribution in [-0.2, 0) is 9.22 Å². The Balaban J connectivity index is 4.89. The molecule has 0 atom stereocenters. The van der Waals surface area contributed by atoms with Crippen LogP contribution in [0, 0.1) is 6.42 Å². The zero-order valence-electron chi connectivity index (χ0n) is 22.7. The fraction of sp³-hybridized carbons (Fsp3) is 0.931. The molecule has 0 rings (SSSR count). The summed E-state index contributed by atoms with van der Waals surface area (Å²) in [4.78, 5) is 12.7. The predicted molar refractivity (Wildman–Crippen MR) is 146 cm³/mol. The van der Waals surface area contributed by atoms with Crippen LogP contribution in [0.4, 0.5) is 0 Å². The Kier molecular flexibility index (Phi) is 23.6. The number of carbonyl (C=O) groups excluding carboxylic acids is 1. The molecule has 0 amide bonds. The van der Waals surface area contributed by atoms with Crippen molar-refractivity contribution < 1.29 is 9.22 Å². The van der Waals surface area contributed by atoms with Gasteiger partial charge >= 0.3 is 0 Å². The van der Waals surface area contributed by atoms with Crippen molar-refractivity contribution in [1.29, 1.82) is 0 Å². The second-order valence-electron chi connectivity index (χ2n) is 10.2. The molecular weight excluding hydrogens is 408 g/mol. The van der Waals surface area contributed by atoms with Crippen molar-refractivity contribution in [2.24, 2.45) is 0 Å². The van der Waals surface area contributed by atoms with Gasteiger partial charge in [-0.2, -0.15) is 0 Å². The average molecular weight is 468 g/mol. The quantitative estimate of drug-likeness (QED) is 0.0985. The van der Waals surface area contributed by atoms with Crippen molar-refractivity contribution in [2.75, 3.05) is 0 Å². The molecule has 0 fully saturated rings. The molecule has 3 heteroatoms. The normalized spacial score (nSPS) is 11.8. The Morgan fingerprint density at radius 1 is 0.531 bits per heavy atom. The van der Waals surface area contributed by atoms with Crippen molar-refractivity contribution in [3.05, 3.63) is 6.42 Å². The molecule has 0 aromatic rings. The van der Waals surface area contributed by atoms with Crippen molar-refractivity contribution in [1.82, 2.24) is 0 Å². The van der Waals surface area contributed by atoms with E-state index in [0.29, 0.717) is 0 Å². The lowest BCUT2D eigenvalue weighted by Crippen LogP contribution is -2.40. The third-order valence-corrected chi connectivity index (χ3v) is 11.3. The highest BCUT2D eigenvalue weighted by molar-refractivity contribution is 6.75. The fourth-order valence-electron chi connectivity index (χ4n) is 4.73. The van der Waals surface area contributed by atoms with Gasteiger partial charge in [0.15, 0.2) is 0 Å². The van der Waals surface area contributed by atoms with E-state index in [1.54, 1.807) is 0 Å². The van der Waals surface area contributed by atoms with E-state index in [0.717, 1.165) is 12.8 Å². The minimum atomic E-state index is -1.99. The van der Waals surface area contributed by atoms with Crippen LogP contribution in [0.25, 0.3) is 0 Å². The Labute approximate surface area is 204 Å². The van der Waals surface area contributed by atoms with Gasteiger partial charge in [0, 0.05) is 0 Å². The summed E-state index contributed by atoms with van der Waals surface area (Å²) in [5.41, 5.74) is 0. The summed E-state index contributed by atoms with van der Waals surface area (Å²) in [7, 11) is -1.99. The minimum Gasteiger partial charge on any atom is -0.519 e. The first kappa shape index (κ1) is 31.7. The van der Waals surface area contributed by atoms with Gasteiger partial charge in [0.25, 0.3) is 14.3 Å². The molecular formula is C29H59O2Si. The van der Waals surface area contributed by atoms with Gasteiger partial charge in [-0.05, 0) is 24.6 Å². The molecule has 0 N–H and O–H groups in total. The Morgan fingerprint density at radius 3 is 1.22 bits per heavy atom. The van der Waals surface area contributed by atoms with E-state index in [4.69, 9.17) is 4.43 Å². The van der Waals surface area contributed by atoms with Crippen LogP contribution in [0.5, 0.6) is 0 Å². The summed E-state index contributed by atoms with van der Waals surface area (Å²) < 4.78 is 6.47. The zero-order chi connectivity index (χ0) is 23.8. The second kappa shape index (κ2) is 23.8. The third kappa shape index (κ3) is 19.2. The number of unbranched alkanes of at least 4 members (excludes halogenated alkanes) is 16. The Bertz CT molecular complexity index is 356. The maximum Gasteiger partial charge on any atom is 0.296 e. The monoisotopic (exact) mass is 467 g/mol. The lowest BCUT2D eigenvalue weighted by Gasteiger charge is -2.32. The summed E-state index contributed by atoms with van der Waals surface area (Å²) in [6.07, 6.45) is 27.6. The van der Waals surface area contributed by atoms with Crippen molar-refractivity contribution >= 4 is 14.3 Å². The summed E-state index contributed by atoms with van der Waals surface area (Å²) >= 11 is 0. The highest BCUT2D eigenvalue weighted by atomic mass is 28.4. The molecule has 0 bridgehead atoms. The smallest absolute Gasteiger partial charge is 0.296 e. The number of rotatable bonds is 25. The molecule has 1 radical (unpaired) electrons. The SMILES string of the molecule is CCC[CH]C(=O)O[Si](CCCCCCCC)(CCCCCCCC)CCCCCCCC. The van der Waals surface area contributed by atoms with Gasteiger partial charge in [-0.1, -0.05) is 150 Å². The van der Waals surface area contributed by atoms with Gasteiger partial charge in [0.2, 0.25) is 0 Å². The maximum atomic E-state index is 12.7. The van der Waals surface area contributed by atoms with Crippen molar-refractivity contribution in [3.63, 3.8) is 0 Å². The van der Waals surface area contributed by atoms with Crippen LogP contribution >= 0.6 is 0 Å². The van der Waals surface area contributed by atoms with Gasteiger partial charge in [0.05, 0.1) is 6.42 Å². The molecule has 2 nitrogen and oxygen atoms in total. The zero-order valence-corrected chi connectivity index (χ0v) is 23.7. The van der Waals surface area contributed by atoms with Gasteiger partial charge in [-0.3, -0.25) is 4.79 Å². The largest absolute Gasteiger partial charge is 0.519 e. The Hall–Kier alpha value is -0.313. The first-order valence-corrected chi connectivity index (χ1v) is 17.2. The molecule has 0 saturated carbocycles. The van der Waals surface area contributed by atoms with E-state index < -0.39 is 8.32 Å². The van der Waals surface area contributed by atoms with E-state index in [-0.39, 0.29) is 5.97 Å². The van der Waals surface area contributed by atoms with Crippen LogP contribution in [-0.4, -0.2) is 14.3 Å². The van der Waals surface area contributed by atoms with E-state index in [1.165, 1.54) is 134 Å². The van der Waals surface area contributed by atoms with Crippen LogP contribution in [0.1, 0.15) is 156 Å². The minimum absolute atomic E-state index is 0.00136. The fourth-order valence-corrected chi connectivity index (χ4v) is 8.98. The topological polar surface area (TPSA) is 26.3 Å². The molecule has 0 aromatic carbocycles. The maximum absolute atomic E-state index is 12.7. The summed E-state index contributed by atoms with van der Waals surface area (Å²) in [6.45, 7) is 8.99. The Morgan fingerprint density at radius 2 is 0.875 bits per heavy atom. The molecule has 0 aromatic heterocycles. The van der Waals surface area contributed by atoms with Crippen LogP contribution < -0.4 is 0 Å². The van der Waals surface area contributed by atoms with Gasteiger partial charge < -0.3 is 4.43 Å². The van der Waals surface area contributed by atoms with Gasteiger partial charge in [-0.25, -0.2) is 0 Å². The highest BCUT2D eigenvalue weighted by Crippen LogP contribution is 2.32. The summed E-state index contributed by atoms with van der Waals surface area (Å²) in [5, 5.41) is 0. The molecule has 0 heterocycles. The number of carbonyl (C=O) groups is 1. The lowest BCUT2D eigenvalue weighted by molar-refractivity contribution is -0.131. The molecule has 0 aliphatic carbocycles. The summed E-state index contributed by atoms with van der Waals surface area (Å²) in [6, 6.07) is 3.61. The van der Waals surface area contributed by atoms with E-state index in [1.807, 2.05) is 6.42 Å². The van der Waals surface area contributed by atoms with Crippen molar-refractivity contribution in [3.8, 4) is 0 Å². The average Bonchev–Trinajstić information content (AvgIpc) is 2.79. The predicted octanol–water partition coefficient (Wildman–Crippen LogP) is 10.6. The molecule has 0 spiro atoms. The van der Waals surface area contributed by atoms with Crippen LogP contribution in [0.2, 0.25) is 18.1 Å². The third-order valence-electron chi connectivity index (χ3n) is 6.87. The standard InChI is InChI=1S/C29H59O2Si/c1-5-9-13-16-19-22-26-32(31-29(30)25-12-8-4,27-23-20-17-14-10-6-2)28-24-21-18-15-11-7-3/h25H,5-24,26-28H2,1-4H3. The van der Waals surface area contributed by atoms with Gasteiger partial charge in [-0.15, -0.1) is 0 Å². The van der Waals surface area contributed by atoms with Crippen LogP contribution in [0.15, 0.2) is 0 Å². The van der Waals surface area contributed by atoms with Crippen LogP contribution in [0.3, 0.4) is 0 Å².